The Balaban J connectivity index is 1.84. The van der Waals surface area contributed by atoms with Crippen molar-refractivity contribution < 1.29 is 4.79 Å². The molecule has 0 saturated carbocycles. The van der Waals surface area contributed by atoms with Gasteiger partial charge in [0.2, 0.25) is 5.91 Å². The van der Waals surface area contributed by atoms with Crippen LogP contribution in [0.1, 0.15) is 18.7 Å². The Kier molecular flexibility index (Phi) is 4.59. The number of anilines is 1. The molecule has 0 aliphatic rings. The molecular weight excluding hydrogens is 324 g/mol. The van der Waals surface area contributed by atoms with E-state index >= 15 is 0 Å². The van der Waals surface area contributed by atoms with Gasteiger partial charge in [0.1, 0.15) is 5.01 Å². The summed E-state index contributed by atoms with van der Waals surface area (Å²) in [5.41, 5.74) is 2.91. The van der Waals surface area contributed by atoms with Gasteiger partial charge in [-0.2, -0.15) is 0 Å². The maximum Gasteiger partial charge on any atom is 0.226 e. The molecule has 1 aromatic carbocycles. The predicted octanol–water partition coefficient (Wildman–Crippen LogP) is 5.44. The van der Waals surface area contributed by atoms with Gasteiger partial charge in [-0.05, 0) is 30.5 Å². The number of thiazole rings is 1. The highest BCUT2D eigenvalue weighted by Gasteiger charge is 2.12. The number of hydrogen-bond acceptors (Lipinski definition) is 4. The number of carbonyl (C=O) groups excluding carboxylic acids is 1. The fourth-order valence-corrected chi connectivity index (χ4v) is 3.90. The molecule has 0 unspecified atom stereocenters. The Morgan fingerprint density at radius 3 is 2.52 bits per heavy atom. The van der Waals surface area contributed by atoms with E-state index in [1.165, 1.54) is 9.75 Å². The second-order valence-corrected chi connectivity index (χ2v) is 7.77. The number of nitrogens with zero attached hydrogens (tertiary/aromatic N) is 1. The van der Waals surface area contributed by atoms with Gasteiger partial charge >= 0.3 is 0 Å². The standard InChI is InChI=1S/C18H18N2OS2/c1-11(2)17(21)19-14-8-6-13(7-9-14)16-12(3)23-18(20-16)15-5-4-10-22-15/h4-11H,1-3H3,(H,19,21). The number of hydrogen-bond donors (Lipinski definition) is 1. The highest BCUT2D eigenvalue weighted by molar-refractivity contribution is 7.21. The lowest BCUT2D eigenvalue weighted by Crippen LogP contribution is -2.17. The largest absolute Gasteiger partial charge is 0.326 e. The molecule has 3 aromatic rings. The molecule has 0 radical (unpaired) electrons. The zero-order valence-corrected chi connectivity index (χ0v) is 14.9. The van der Waals surface area contributed by atoms with Crippen LogP contribution in [-0.4, -0.2) is 10.9 Å². The van der Waals surface area contributed by atoms with Gasteiger partial charge in [0, 0.05) is 22.0 Å². The van der Waals surface area contributed by atoms with Crippen LogP contribution in [0.3, 0.4) is 0 Å². The summed E-state index contributed by atoms with van der Waals surface area (Å²) in [7, 11) is 0. The van der Waals surface area contributed by atoms with Crippen molar-refractivity contribution in [2.24, 2.45) is 5.92 Å². The summed E-state index contributed by atoms with van der Waals surface area (Å²) in [4.78, 5) is 18.9. The minimum absolute atomic E-state index is 0.0242. The van der Waals surface area contributed by atoms with Gasteiger partial charge in [-0.15, -0.1) is 22.7 Å². The van der Waals surface area contributed by atoms with E-state index in [1.54, 1.807) is 22.7 Å². The van der Waals surface area contributed by atoms with Crippen LogP contribution in [0.5, 0.6) is 0 Å². The van der Waals surface area contributed by atoms with Crippen molar-refractivity contribution in [2.75, 3.05) is 5.32 Å². The highest BCUT2D eigenvalue weighted by Crippen LogP contribution is 2.35. The first-order valence-corrected chi connectivity index (χ1v) is 9.17. The molecule has 2 aromatic heterocycles. The Morgan fingerprint density at radius 1 is 1.17 bits per heavy atom. The average molecular weight is 342 g/mol. The molecule has 2 heterocycles. The van der Waals surface area contributed by atoms with E-state index in [1.807, 2.05) is 44.2 Å². The molecular formula is C18H18N2OS2. The zero-order chi connectivity index (χ0) is 16.4. The maximum absolute atomic E-state index is 11.7. The number of aromatic nitrogens is 1. The van der Waals surface area contributed by atoms with Crippen LogP contribution in [0.15, 0.2) is 41.8 Å². The Hall–Kier alpha value is -1.98. The molecule has 1 amide bonds. The van der Waals surface area contributed by atoms with Gasteiger partial charge in [0.15, 0.2) is 0 Å². The fraction of sp³-hybridized carbons (Fsp3) is 0.222. The lowest BCUT2D eigenvalue weighted by molar-refractivity contribution is -0.118. The number of benzene rings is 1. The summed E-state index contributed by atoms with van der Waals surface area (Å²) in [5.74, 6) is 0.00591. The van der Waals surface area contributed by atoms with Crippen LogP contribution in [0.4, 0.5) is 5.69 Å². The van der Waals surface area contributed by atoms with Crippen LogP contribution in [-0.2, 0) is 4.79 Å². The summed E-state index contributed by atoms with van der Waals surface area (Å²) < 4.78 is 0. The molecule has 0 saturated heterocycles. The SMILES string of the molecule is Cc1sc(-c2cccs2)nc1-c1ccc(NC(=O)C(C)C)cc1. The molecule has 0 aliphatic heterocycles. The number of aryl methyl sites for hydroxylation is 1. The summed E-state index contributed by atoms with van der Waals surface area (Å²) in [6, 6.07) is 12.0. The van der Waals surface area contributed by atoms with Crippen molar-refractivity contribution in [3.05, 3.63) is 46.7 Å². The minimum Gasteiger partial charge on any atom is -0.326 e. The van der Waals surface area contributed by atoms with E-state index in [4.69, 9.17) is 4.98 Å². The van der Waals surface area contributed by atoms with Crippen LogP contribution in [0, 0.1) is 12.8 Å². The van der Waals surface area contributed by atoms with Crippen molar-refractivity contribution in [1.82, 2.24) is 4.98 Å². The Morgan fingerprint density at radius 2 is 1.91 bits per heavy atom. The number of thiophene rings is 1. The molecule has 118 valence electrons. The molecule has 0 bridgehead atoms. The molecule has 3 nitrogen and oxygen atoms in total. The van der Waals surface area contributed by atoms with Gasteiger partial charge in [0.25, 0.3) is 0 Å². The molecule has 1 N–H and O–H groups in total. The van der Waals surface area contributed by atoms with Gasteiger partial charge in [-0.25, -0.2) is 4.98 Å². The normalized spacial score (nSPS) is 11.0. The highest BCUT2D eigenvalue weighted by atomic mass is 32.1. The topological polar surface area (TPSA) is 42.0 Å². The average Bonchev–Trinajstić information content (AvgIpc) is 3.17. The summed E-state index contributed by atoms with van der Waals surface area (Å²) in [6.45, 7) is 5.86. The third kappa shape index (κ3) is 3.51. The smallest absolute Gasteiger partial charge is 0.226 e. The summed E-state index contributed by atoms with van der Waals surface area (Å²) in [5, 5.41) is 6.03. The molecule has 0 aliphatic carbocycles. The Bertz CT molecular complexity index is 802. The predicted molar refractivity (Wildman–Crippen MR) is 99.1 cm³/mol. The number of carbonyl (C=O) groups is 1. The van der Waals surface area contributed by atoms with Gasteiger partial charge < -0.3 is 5.32 Å². The van der Waals surface area contributed by atoms with E-state index in [9.17, 15) is 4.79 Å². The molecule has 0 spiro atoms. The molecule has 0 fully saturated rings. The first-order valence-electron chi connectivity index (χ1n) is 7.47. The summed E-state index contributed by atoms with van der Waals surface area (Å²) in [6.07, 6.45) is 0. The van der Waals surface area contributed by atoms with Crippen LogP contribution in [0.25, 0.3) is 21.1 Å². The van der Waals surface area contributed by atoms with E-state index in [0.29, 0.717) is 0 Å². The second-order valence-electron chi connectivity index (χ2n) is 5.62. The van der Waals surface area contributed by atoms with Crippen LogP contribution >= 0.6 is 22.7 Å². The first-order chi connectivity index (χ1) is 11.0. The van der Waals surface area contributed by atoms with Gasteiger partial charge in [-0.1, -0.05) is 32.0 Å². The van der Waals surface area contributed by atoms with Gasteiger partial charge in [-0.3, -0.25) is 4.79 Å². The van der Waals surface area contributed by atoms with E-state index in [-0.39, 0.29) is 11.8 Å². The zero-order valence-electron chi connectivity index (χ0n) is 13.3. The van der Waals surface area contributed by atoms with Crippen LogP contribution < -0.4 is 5.32 Å². The lowest BCUT2D eigenvalue weighted by atomic mass is 10.1. The van der Waals surface area contributed by atoms with E-state index in [0.717, 1.165) is 22.0 Å². The molecule has 23 heavy (non-hydrogen) atoms. The lowest BCUT2D eigenvalue weighted by Gasteiger charge is -2.08. The molecule has 5 heteroatoms. The second kappa shape index (κ2) is 6.64. The van der Waals surface area contributed by atoms with Crippen molar-refractivity contribution in [3.8, 4) is 21.1 Å². The first kappa shape index (κ1) is 15.9. The van der Waals surface area contributed by atoms with Gasteiger partial charge in [0.05, 0.1) is 10.6 Å². The van der Waals surface area contributed by atoms with E-state index in [2.05, 4.69) is 23.7 Å². The van der Waals surface area contributed by atoms with Crippen molar-refractivity contribution in [2.45, 2.75) is 20.8 Å². The van der Waals surface area contributed by atoms with E-state index < -0.39 is 0 Å². The Labute approximate surface area is 144 Å². The monoisotopic (exact) mass is 342 g/mol. The quantitative estimate of drug-likeness (QED) is 0.686. The fourth-order valence-electron chi connectivity index (χ4n) is 2.17. The van der Waals surface area contributed by atoms with Crippen LogP contribution in [0.2, 0.25) is 0 Å². The third-order valence-corrected chi connectivity index (χ3v) is 5.49. The van der Waals surface area contributed by atoms with Crippen molar-refractivity contribution in [3.63, 3.8) is 0 Å². The number of rotatable bonds is 4. The minimum atomic E-state index is -0.0242. The number of amides is 1. The molecule has 0 atom stereocenters. The number of nitrogens with one attached hydrogen (secondary N) is 1. The van der Waals surface area contributed by atoms with Crippen molar-refractivity contribution in [1.29, 1.82) is 0 Å². The maximum atomic E-state index is 11.7. The molecule has 3 rings (SSSR count). The third-order valence-electron chi connectivity index (χ3n) is 3.48. The van der Waals surface area contributed by atoms with Crippen molar-refractivity contribution >= 4 is 34.3 Å². The summed E-state index contributed by atoms with van der Waals surface area (Å²) >= 11 is 3.42.